The van der Waals surface area contributed by atoms with Crippen LogP contribution < -0.4 is 10.6 Å². The molecule has 0 unspecified atom stereocenters. The van der Waals surface area contributed by atoms with E-state index in [9.17, 15) is 4.79 Å². The van der Waals surface area contributed by atoms with Crippen LogP contribution in [0.25, 0.3) is 0 Å². The van der Waals surface area contributed by atoms with E-state index in [1.165, 1.54) is 25.7 Å². The lowest BCUT2D eigenvalue weighted by Crippen LogP contribution is -2.34. The molecule has 3 heteroatoms. The molecule has 0 aromatic heterocycles. The number of hydrogen-bond acceptors (Lipinski definition) is 2. The smallest absolute Gasteiger partial charge is 0.251 e. The summed E-state index contributed by atoms with van der Waals surface area (Å²) in [5.41, 5.74) is 3.22. The predicted octanol–water partition coefficient (Wildman–Crippen LogP) is 3.35. The van der Waals surface area contributed by atoms with Gasteiger partial charge in [-0.25, -0.2) is 0 Å². The summed E-state index contributed by atoms with van der Waals surface area (Å²) in [5, 5.41) is 6.20. The van der Waals surface area contributed by atoms with E-state index in [2.05, 4.69) is 17.6 Å². The summed E-state index contributed by atoms with van der Waals surface area (Å²) in [7, 11) is 1.89. The van der Waals surface area contributed by atoms with E-state index in [0.29, 0.717) is 5.41 Å². The van der Waals surface area contributed by atoms with Gasteiger partial charge in [-0.2, -0.15) is 0 Å². The van der Waals surface area contributed by atoms with Crippen LogP contribution in [0.5, 0.6) is 0 Å². The Balaban J connectivity index is 1.98. The average molecular weight is 260 g/mol. The fourth-order valence-corrected chi connectivity index (χ4v) is 2.89. The number of aryl methyl sites for hydroxylation is 1. The number of carbonyl (C=O) groups excluding carboxylic acids is 1. The zero-order valence-electron chi connectivity index (χ0n) is 12.2. The summed E-state index contributed by atoms with van der Waals surface area (Å²) in [6.07, 6.45) is 5.04. The minimum absolute atomic E-state index is 0.0406. The lowest BCUT2D eigenvalue weighted by atomic mass is 9.89. The largest absolute Gasteiger partial charge is 0.388 e. The summed E-state index contributed by atoms with van der Waals surface area (Å²) in [6, 6.07) is 5.78. The Labute approximate surface area is 115 Å². The van der Waals surface area contributed by atoms with Gasteiger partial charge in [0.15, 0.2) is 0 Å². The molecule has 19 heavy (non-hydrogen) atoms. The average Bonchev–Trinajstić information content (AvgIpc) is 2.83. The van der Waals surface area contributed by atoms with Gasteiger partial charge in [0.2, 0.25) is 0 Å². The van der Waals surface area contributed by atoms with Gasteiger partial charge >= 0.3 is 0 Å². The van der Waals surface area contributed by atoms with Gasteiger partial charge in [0.25, 0.3) is 5.91 Å². The molecule has 0 spiro atoms. The summed E-state index contributed by atoms with van der Waals surface area (Å²) in [4.78, 5) is 12.2. The summed E-state index contributed by atoms with van der Waals surface area (Å²) >= 11 is 0. The predicted molar refractivity (Wildman–Crippen MR) is 79.6 cm³/mol. The van der Waals surface area contributed by atoms with Crippen LogP contribution in [0.15, 0.2) is 18.2 Å². The van der Waals surface area contributed by atoms with Gasteiger partial charge in [-0.3, -0.25) is 4.79 Å². The Hall–Kier alpha value is -1.51. The molecule has 1 saturated carbocycles. The first-order valence-electron chi connectivity index (χ1n) is 7.11. The summed E-state index contributed by atoms with van der Waals surface area (Å²) in [6.45, 7) is 5.08. The van der Waals surface area contributed by atoms with Crippen molar-refractivity contribution in [2.45, 2.75) is 39.5 Å². The van der Waals surface area contributed by atoms with Gasteiger partial charge < -0.3 is 10.6 Å². The van der Waals surface area contributed by atoms with E-state index in [1.54, 1.807) is 0 Å². The lowest BCUT2D eigenvalue weighted by Gasteiger charge is -2.23. The Morgan fingerprint density at radius 1 is 1.32 bits per heavy atom. The highest BCUT2D eigenvalue weighted by Gasteiger charge is 2.28. The van der Waals surface area contributed by atoms with Crippen LogP contribution in [0, 0.1) is 12.3 Å². The van der Waals surface area contributed by atoms with Crippen LogP contribution in [-0.4, -0.2) is 19.5 Å². The van der Waals surface area contributed by atoms with Gasteiger partial charge in [-0.05, 0) is 48.9 Å². The first-order valence-corrected chi connectivity index (χ1v) is 7.11. The van der Waals surface area contributed by atoms with Crippen molar-refractivity contribution in [3.05, 3.63) is 29.3 Å². The standard InChI is InChI=1S/C16H24N2O/c1-12-10-13(6-7-14(12)17-3)15(19)18-11-16(2)8-4-5-9-16/h6-7,10,17H,4-5,8-9,11H2,1-3H3,(H,18,19). The zero-order chi connectivity index (χ0) is 13.9. The van der Waals surface area contributed by atoms with Crippen LogP contribution in [-0.2, 0) is 0 Å². The monoisotopic (exact) mass is 260 g/mol. The van der Waals surface area contributed by atoms with Crippen molar-refractivity contribution >= 4 is 11.6 Å². The van der Waals surface area contributed by atoms with Gasteiger partial charge in [0.05, 0.1) is 0 Å². The fraction of sp³-hybridized carbons (Fsp3) is 0.562. The second kappa shape index (κ2) is 5.64. The van der Waals surface area contributed by atoms with Gasteiger partial charge in [-0.1, -0.05) is 19.8 Å². The number of carbonyl (C=O) groups is 1. The molecule has 0 heterocycles. The van der Waals surface area contributed by atoms with Crippen LogP contribution in [0.3, 0.4) is 0 Å². The van der Waals surface area contributed by atoms with Crippen molar-refractivity contribution in [2.75, 3.05) is 18.9 Å². The number of benzene rings is 1. The molecule has 3 nitrogen and oxygen atoms in total. The normalized spacial score (nSPS) is 17.2. The van der Waals surface area contributed by atoms with Gasteiger partial charge in [0, 0.05) is 24.8 Å². The molecule has 1 aliphatic carbocycles. The maximum Gasteiger partial charge on any atom is 0.251 e. The molecule has 2 N–H and O–H groups in total. The van der Waals surface area contributed by atoms with E-state index in [0.717, 1.165) is 23.4 Å². The number of anilines is 1. The Kier molecular flexibility index (Phi) is 4.13. The minimum atomic E-state index is 0.0406. The lowest BCUT2D eigenvalue weighted by molar-refractivity contribution is 0.0934. The molecule has 1 aromatic carbocycles. The van der Waals surface area contributed by atoms with Crippen LogP contribution >= 0.6 is 0 Å². The first kappa shape index (κ1) is 13.9. The third kappa shape index (κ3) is 3.28. The summed E-state index contributed by atoms with van der Waals surface area (Å²) in [5.74, 6) is 0.0406. The van der Waals surface area contributed by atoms with E-state index in [1.807, 2.05) is 32.2 Å². The molecule has 2 rings (SSSR count). The molecule has 1 aliphatic rings. The molecular formula is C16H24N2O. The number of hydrogen-bond donors (Lipinski definition) is 2. The molecule has 0 radical (unpaired) electrons. The molecule has 0 bridgehead atoms. The van der Waals surface area contributed by atoms with E-state index >= 15 is 0 Å². The van der Waals surface area contributed by atoms with Crippen molar-refractivity contribution in [2.24, 2.45) is 5.41 Å². The van der Waals surface area contributed by atoms with E-state index in [4.69, 9.17) is 0 Å². The van der Waals surface area contributed by atoms with Crippen molar-refractivity contribution in [1.82, 2.24) is 5.32 Å². The van der Waals surface area contributed by atoms with Crippen molar-refractivity contribution in [3.8, 4) is 0 Å². The maximum absolute atomic E-state index is 12.2. The molecule has 1 amide bonds. The second-order valence-electron chi connectivity index (χ2n) is 5.98. The minimum Gasteiger partial charge on any atom is -0.388 e. The van der Waals surface area contributed by atoms with Crippen LogP contribution in [0.1, 0.15) is 48.5 Å². The second-order valence-corrected chi connectivity index (χ2v) is 5.98. The highest BCUT2D eigenvalue weighted by atomic mass is 16.1. The van der Waals surface area contributed by atoms with Crippen LogP contribution in [0.2, 0.25) is 0 Å². The van der Waals surface area contributed by atoms with Gasteiger partial charge in [-0.15, -0.1) is 0 Å². The summed E-state index contributed by atoms with van der Waals surface area (Å²) < 4.78 is 0. The van der Waals surface area contributed by atoms with Crippen molar-refractivity contribution in [3.63, 3.8) is 0 Å². The Bertz CT molecular complexity index is 462. The van der Waals surface area contributed by atoms with Crippen LogP contribution in [0.4, 0.5) is 5.69 Å². The third-order valence-electron chi connectivity index (χ3n) is 4.24. The van der Waals surface area contributed by atoms with E-state index in [-0.39, 0.29) is 5.91 Å². The Morgan fingerprint density at radius 3 is 2.58 bits per heavy atom. The highest BCUT2D eigenvalue weighted by Crippen LogP contribution is 2.36. The SMILES string of the molecule is CNc1ccc(C(=O)NCC2(C)CCCC2)cc1C. The number of nitrogens with one attached hydrogen (secondary N) is 2. The van der Waals surface area contributed by atoms with Gasteiger partial charge in [0.1, 0.15) is 0 Å². The number of amides is 1. The molecule has 104 valence electrons. The van der Waals surface area contributed by atoms with Crippen molar-refractivity contribution < 1.29 is 4.79 Å². The molecule has 0 atom stereocenters. The quantitative estimate of drug-likeness (QED) is 0.871. The molecular weight excluding hydrogens is 236 g/mol. The molecule has 0 aliphatic heterocycles. The zero-order valence-corrected chi connectivity index (χ0v) is 12.2. The maximum atomic E-state index is 12.2. The molecule has 0 saturated heterocycles. The molecule has 1 fully saturated rings. The fourth-order valence-electron chi connectivity index (χ4n) is 2.89. The Morgan fingerprint density at radius 2 is 2.00 bits per heavy atom. The topological polar surface area (TPSA) is 41.1 Å². The first-order chi connectivity index (χ1) is 9.04. The van der Waals surface area contributed by atoms with E-state index < -0.39 is 0 Å². The highest BCUT2D eigenvalue weighted by molar-refractivity contribution is 5.94. The third-order valence-corrected chi connectivity index (χ3v) is 4.24. The molecule has 1 aromatic rings. The number of rotatable bonds is 4. The van der Waals surface area contributed by atoms with Crippen molar-refractivity contribution in [1.29, 1.82) is 0 Å².